The van der Waals surface area contributed by atoms with Gasteiger partial charge < -0.3 is 14.7 Å². The van der Waals surface area contributed by atoms with Crippen molar-refractivity contribution in [2.24, 2.45) is 11.8 Å². The van der Waals surface area contributed by atoms with Crippen LogP contribution in [0.2, 0.25) is 0 Å². The van der Waals surface area contributed by atoms with E-state index < -0.39 is 6.10 Å². The number of hydrogen-bond donors (Lipinski definition) is 2. The Labute approximate surface area is 170 Å². The second-order valence-electron chi connectivity index (χ2n) is 8.84. The molecule has 2 aliphatic carbocycles. The van der Waals surface area contributed by atoms with E-state index in [9.17, 15) is 9.90 Å². The van der Waals surface area contributed by atoms with Crippen LogP contribution in [0.15, 0.2) is 12.1 Å². The number of aryl methyl sites for hydroxylation is 3. The van der Waals surface area contributed by atoms with E-state index >= 15 is 0 Å². The van der Waals surface area contributed by atoms with Gasteiger partial charge in [-0.05, 0) is 69.9 Å². The Hall–Kier alpha value is -2.41. The van der Waals surface area contributed by atoms with E-state index in [4.69, 9.17) is 4.74 Å². The molecule has 29 heavy (non-hydrogen) atoms. The highest BCUT2D eigenvalue weighted by Crippen LogP contribution is 2.39. The maximum absolute atomic E-state index is 13.1. The van der Waals surface area contributed by atoms with E-state index in [1.807, 2.05) is 30.9 Å². The number of carbonyl (C=O) groups excluding carboxylic acids is 1. The van der Waals surface area contributed by atoms with Gasteiger partial charge in [0, 0.05) is 30.0 Å². The first-order valence-electron chi connectivity index (χ1n) is 10.6. The van der Waals surface area contributed by atoms with Crippen LogP contribution in [-0.4, -0.2) is 56.4 Å². The minimum Gasteiger partial charge on any atom is -0.486 e. The number of likely N-dealkylation sites (tertiary alicyclic amines) is 1. The smallest absolute Gasteiger partial charge is 0.274 e. The van der Waals surface area contributed by atoms with Crippen LogP contribution in [0, 0.1) is 25.7 Å². The lowest BCUT2D eigenvalue weighted by Gasteiger charge is -2.35. The summed E-state index contributed by atoms with van der Waals surface area (Å²) in [6, 6.07) is 3.86. The molecular formula is C22H28N4O3. The zero-order valence-corrected chi connectivity index (χ0v) is 17.0. The highest BCUT2D eigenvalue weighted by atomic mass is 16.5. The number of aromatic amines is 1. The fraction of sp³-hybridized carbons (Fsp3) is 0.591. The molecule has 154 valence electrons. The summed E-state index contributed by atoms with van der Waals surface area (Å²) in [6.07, 6.45) is 3.64. The standard InChI is InChI=1S/C22H28N4O3/c1-12-6-7-19(13(2)23-12)29-20-9-15-11-26(10-14(15)8-18(20)27)22(28)21-16-4-3-5-17(16)24-25-21/h6-7,14-15,18,20,27H,3-5,8-11H2,1-2H3,(H,24,25)/t14-,15+,18+,20+/m0/s1. The summed E-state index contributed by atoms with van der Waals surface area (Å²) in [5.74, 6) is 1.43. The maximum atomic E-state index is 13.1. The molecule has 2 N–H and O–H groups in total. The van der Waals surface area contributed by atoms with Gasteiger partial charge in [0.25, 0.3) is 5.91 Å². The van der Waals surface area contributed by atoms with E-state index in [-0.39, 0.29) is 12.0 Å². The van der Waals surface area contributed by atoms with Crippen LogP contribution in [0.4, 0.5) is 0 Å². The van der Waals surface area contributed by atoms with Crippen molar-refractivity contribution in [3.63, 3.8) is 0 Å². The SMILES string of the molecule is Cc1ccc(O[C@@H]2C[C@@H]3CN(C(=O)c4n[nH]c5c4CCC5)C[C@@H]3C[C@H]2O)c(C)n1. The number of carbonyl (C=O) groups is 1. The van der Waals surface area contributed by atoms with Gasteiger partial charge in [0.1, 0.15) is 11.9 Å². The third-order valence-corrected chi connectivity index (χ3v) is 6.84. The molecule has 1 saturated carbocycles. The van der Waals surface area contributed by atoms with Crippen LogP contribution in [0.3, 0.4) is 0 Å². The molecule has 5 rings (SSSR count). The van der Waals surface area contributed by atoms with Crippen molar-refractivity contribution in [1.29, 1.82) is 0 Å². The van der Waals surface area contributed by atoms with Crippen molar-refractivity contribution >= 4 is 5.91 Å². The van der Waals surface area contributed by atoms with Crippen LogP contribution in [-0.2, 0) is 12.8 Å². The number of H-pyrrole nitrogens is 1. The number of aromatic nitrogens is 3. The third kappa shape index (κ3) is 3.31. The van der Waals surface area contributed by atoms with Crippen LogP contribution in [0.1, 0.15) is 52.4 Å². The number of nitrogens with zero attached hydrogens (tertiary/aromatic N) is 3. The largest absolute Gasteiger partial charge is 0.486 e. The Kier molecular flexibility index (Phi) is 4.57. The highest BCUT2D eigenvalue weighted by molar-refractivity contribution is 5.94. The summed E-state index contributed by atoms with van der Waals surface area (Å²) >= 11 is 0. The number of fused-ring (bicyclic) bond motifs is 2. The molecular weight excluding hydrogens is 368 g/mol. The van der Waals surface area contributed by atoms with Gasteiger partial charge in [0.15, 0.2) is 5.69 Å². The van der Waals surface area contributed by atoms with E-state index in [0.717, 1.165) is 54.1 Å². The summed E-state index contributed by atoms with van der Waals surface area (Å²) in [6.45, 7) is 5.29. The Morgan fingerprint density at radius 1 is 1.21 bits per heavy atom. The van der Waals surface area contributed by atoms with E-state index in [1.54, 1.807) is 0 Å². The number of aliphatic hydroxyl groups excluding tert-OH is 1. The lowest BCUT2D eigenvalue weighted by molar-refractivity contribution is -0.0236. The normalized spacial score (nSPS) is 28.3. The first kappa shape index (κ1) is 18.6. The number of aliphatic hydroxyl groups is 1. The van der Waals surface area contributed by atoms with Gasteiger partial charge in [-0.25, -0.2) is 0 Å². The molecule has 3 aliphatic rings. The van der Waals surface area contributed by atoms with Crippen LogP contribution < -0.4 is 4.74 Å². The molecule has 7 nitrogen and oxygen atoms in total. The van der Waals surface area contributed by atoms with E-state index in [0.29, 0.717) is 37.0 Å². The Bertz CT molecular complexity index is 940. The predicted molar refractivity (Wildman–Crippen MR) is 107 cm³/mol. The zero-order valence-electron chi connectivity index (χ0n) is 17.0. The number of rotatable bonds is 3. The van der Waals surface area contributed by atoms with Gasteiger partial charge in [0.05, 0.1) is 11.8 Å². The average Bonchev–Trinajstić information content (AvgIpc) is 3.38. The van der Waals surface area contributed by atoms with Gasteiger partial charge in [-0.1, -0.05) is 0 Å². The Morgan fingerprint density at radius 3 is 2.79 bits per heavy atom. The van der Waals surface area contributed by atoms with Crippen LogP contribution >= 0.6 is 0 Å². The predicted octanol–water partition coefficient (Wildman–Crippen LogP) is 2.20. The lowest BCUT2D eigenvalue weighted by atomic mass is 9.78. The summed E-state index contributed by atoms with van der Waals surface area (Å²) in [5.41, 5.74) is 4.62. The van der Waals surface area contributed by atoms with Crippen molar-refractivity contribution in [1.82, 2.24) is 20.1 Å². The van der Waals surface area contributed by atoms with Crippen LogP contribution in [0.5, 0.6) is 5.75 Å². The molecule has 3 heterocycles. The van der Waals surface area contributed by atoms with Gasteiger partial charge in [-0.3, -0.25) is 14.9 Å². The number of nitrogens with one attached hydrogen (secondary N) is 1. The minimum absolute atomic E-state index is 0.0318. The summed E-state index contributed by atoms with van der Waals surface area (Å²) < 4.78 is 6.16. The molecule has 0 unspecified atom stereocenters. The van der Waals surface area contributed by atoms with Gasteiger partial charge in [-0.2, -0.15) is 5.10 Å². The fourth-order valence-corrected chi connectivity index (χ4v) is 5.29. The summed E-state index contributed by atoms with van der Waals surface area (Å²) in [4.78, 5) is 19.5. The highest BCUT2D eigenvalue weighted by Gasteiger charge is 2.44. The quantitative estimate of drug-likeness (QED) is 0.830. The molecule has 0 radical (unpaired) electrons. The molecule has 1 saturated heterocycles. The third-order valence-electron chi connectivity index (χ3n) is 6.84. The number of ether oxygens (including phenoxy) is 1. The van der Waals surface area contributed by atoms with Gasteiger partial charge >= 0.3 is 0 Å². The lowest BCUT2D eigenvalue weighted by Crippen LogP contribution is -2.42. The number of pyridine rings is 1. The molecule has 2 aromatic heterocycles. The first-order chi connectivity index (χ1) is 14.0. The summed E-state index contributed by atoms with van der Waals surface area (Å²) in [5, 5.41) is 18.0. The van der Waals surface area contributed by atoms with Crippen LogP contribution in [0.25, 0.3) is 0 Å². The fourth-order valence-electron chi connectivity index (χ4n) is 5.29. The zero-order chi connectivity index (χ0) is 20.1. The van der Waals surface area contributed by atoms with Gasteiger partial charge in [0.2, 0.25) is 0 Å². The molecule has 2 aromatic rings. The minimum atomic E-state index is -0.526. The summed E-state index contributed by atoms with van der Waals surface area (Å²) in [7, 11) is 0. The van der Waals surface area contributed by atoms with E-state index in [1.165, 1.54) is 0 Å². The molecule has 1 amide bonds. The monoisotopic (exact) mass is 396 g/mol. The molecule has 4 atom stereocenters. The van der Waals surface area contributed by atoms with Crippen molar-refractivity contribution in [3.8, 4) is 5.75 Å². The van der Waals surface area contributed by atoms with Crippen molar-refractivity contribution in [2.45, 2.75) is 58.2 Å². The molecule has 0 bridgehead atoms. The van der Waals surface area contributed by atoms with Crippen molar-refractivity contribution in [3.05, 3.63) is 40.5 Å². The second-order valence-corrected chi connectivity index (χ2v) is 8.84. The Balaban J connectivity index is 1.28. The second kappa shape index (κ2) is 7.13. The van der Waals surface area contributed by atoms with Crippen molar-refractivity contribution in [2.75, 3.05) is 13.1 Å². The molecule has 0 aromatic carbocycles. The topological polar surface area (TPSA) is 91.3 Å². The molecule has 1 aliphatic heterocycles. The first-order valence-corrected chi connectivity index (χ1v) is 10.6. The van der Waals surface area contributed by atoms with Gasteiger partial charge in [-0.15, -0.1) is 0 Å². The number of amides is 1. The maximum Gasteiger partial charge on any atom is 0.274 e. The molecule has 2 fully saturated rings. The Morgan fingerprint density at radius 2 is 2.00 bits per heavy atom. The average molecular weight is 396 g/mol. The molecule has 0 spiro atoms. The number of hydrogen-bond acceptors (Lipinski definition) is 5. The van der Waals surface area contributed by atoms with E-state index in [2.05, 4.69) is 15.2 Å². The molecule has 7 heteroatoms. The van der Waals surface area contributed by atoms with Crippen molar-refractivity contribution < 1.29 is 14.6 Å².